The SMILES string of the molecule is Cc1cc(C)cc(Nc2nc(NCC(=N)Cc3ccc(F)cc3)ncc2C(N)=O)c1. The largest absolute Gasteiger partial charge is 0.365 e. The van der Waals surface area contributed by atoms with Crippen molar-refractivity contribution in [1.29, 1.82) is 5.41 Å². The number of carbonyl (C=O) groups is 1. The molecule has 154 valence electrons. The van der Waals surface area contributed by atoms with Gasteiger partial charge in [-0.05, 0) is 54.8 Å². The van der Waals surface area contributed by atoms with Gasteiger partial charge in [-0.25, -0.2) is 9.37 Å². The minimum atomic E-state index is -0.641. The second kappa shape index (κ2) is 9.13. The van der Waals surface area contributed by atoms with Crippen LogP contribution in [0.3, 0.4) is 0 Å². The molecule has 3 aromatic rings. The molecule has 0 aliphatic heterocycles. The van der Waals surface area contributed by atoms with Crippen LogP contribution < -0.4 is 16.4 Å². The number of primary amides is 1. The van der Waals surface area contributed by atoms with E-state index in [1.807, 2.05) is 32.0 Å². The summed E-state index contributed by atoms with van der Waals surface area (Å²) in [5.74, 6) is -0.404. The summed E-state index contributed by atoms with van der Waals surface area (Å²) in [7, 11) is 0. The zero-order valence-electron chi connectivity index (χ0n) is 16.8. The molecule has 3 rings (SSSR count). The van der Waals surface area contributed by atoms with Crippen LogP contribution in [-0.4, -0.2) is 28.1 Å². The van der Waals surface area contributed by atoms with Crippen molar-refractivity contribution in [3.05, 3.63) is 76.7 Å². The average molecular weight is 406 g/mol. The predicted molar refractivity (Wildman–Crippen MR) is 116 cm³/mol. The molecular weight excluding hydrogens is 383 g/mol. The molecule has 5 N–H and O–H groups in total. The first kappa shape index (κ1) is 20.9. The Morgan fingerprint density at radius 3 is 2.43 bits per heavy atom. The zero-order valence-corrected chi connectivity index (χ0v) is 16.8. The fourth-order valence-electron chi connectivity index (χ4n) is 3.02. The van der Waals surface area contributed by atoms with Gasteiger partial charge in [0.15, 0.2) is 0 Å². The van der Waals surface area contributed by atoms with Crippen LogP contribution in [0, 0.1) is 25.1 Å². The highest BCUT2D eigenvalue weighted by Crippen LogP contribution is 2.22. The Balaban J connectivity index is 1.72. The van der Waals surface area contributed by atoms with Crippen LogP contribution in [-0.2, 0) is 6.42 Å². The lowest BCUT2D eigenvalue weighted by molar-refractivity contribution is 0.100. The number of nitrogens with two attached hydrogens (primary N) is 1. The molecule has 0 saturated carbocycles. The molecule has 30 heavy (non-hydrogen) atoms. The molecule has 2 aromatic carbocycles. The first-order chi connectivity index (χ1) is 14.3. The molecule has 0 radical (unpaired) electrons. The number of benzene rings is 2. The number of nitrogens with one attached hydrogen (secondary N) is 3. The summed E-state index contributed by atoms with van der Waals surface area (Å²) in [6.07, 6.45) is 1.73. The van der Waals surface area contributed by atoms with E-state index in [0.29, 0.717) is 12.1 Å². The summed E-state index contributed by atoms with van der Waals surface area (Å²) < 4.78 is 13.0. The Bertz CT molecular complexity index is 1060. The van der Waals surface area contributed by atoms with Crippen LogP contribution in [0.1, 0.15) is 27.0 Å². The van der Waals surface area contributed by atoms with E-state index < -0.39 is 5.91 Å². The zero-order chi connectivity index (χ0) is 21.7. The molecule has 1 aromatic heterocycles. The highest BCUT2D eigenvalue weighted by Gasteiger charge is 2.13. The maximum atomic E-state index is 13.0. The van der Waals surface area contributed by atoms with Gasteiger partial charge in [-0.2, -0.15) is 4.98 Å². The second-order valence-electron chi connectivity index (χ2n) is 7.08. The van der Waals surface area contributed by atoms with E-state index >= 15 is 0 Å². The number of nitrogens with zero attached hydrogens (tertiary/aromatic N) is 2. The molecule has 8 heteroatoms. The molecule has 1 heterocycles. The van der Waals surface area contributed by atoms with Gasteiger partial charge >= 0.3 is 0 Å². The Hall–Kier alpha value is -3.81. The molecule has 0 fully saturated rings. The average Bonchev–Trinajstić information content (AvgIpc) is 2.67. The summed E-state index contributed by atoms with van der Waals surface area (Å²) in [5.41, 5.74) is 9.76. The van der Waals surface area contributed by atoms with Crippen molar-refractivity contribution in [3.63, 3.8) is 0 Å². The van der Waals surface area contributed by atoms with Gasteiger partial charge in [-0.3, -0.25) is 4.79 Å². The lowest BCUT2D eigenvalue weighted by Crippen LogP contribution is -2.19. The van der Waals surface area contributed by atoms with Crippen LogP contribution in [0.4, 0.5) is 21.8 Å². The standard InChI is InChI=1S/C22H23FN6O/c1-13-7-14(2)9-18(8-13)28-21-19(20(25)30)12-27-22(29-21)26-11-17(24)10-15-3-5-16(23)6-4-15/h3-9,12,24H,10-11H2,1-2H3,(H2,25,30)(H2,26,27,28,29). The van der Waals surface area contributed by atoms with Crippen molar-refractivity contribution in [3.8, 4) is 0 Å². The number of hydrogen-bond donors (Lipinski definition) is 4. The number of amides is 1. The monoisotopic (exact) mass is 406 g/mol. The first-order valence-corrected chi connectivity index (χ1v) is 9.37. The van der Waals surface area contributed by atoms with Crippen LogP contribution in [0.25, 0.3) is 0 Å². The summed E-state index contributed by atoms with van der Waals surface area (Å²) in [6.45, 7) is 4.16. The number of carbonyl (C=O) groups excluding carboxylic acids is 1. The third-order valence-corrected chi connectivity index (χ3v) is 4.33. The highest BCUT2D eigenvalue weighted by atomic mass is 19.1. The first-order valence-electron chi connectivity index (χ1n) is 9.37. The Kier molecular flexibility index (Phi) is 6.36. The van der Waals surface area contributed by atoms with Gasteiger partial charge in [-0.15, -0.1) is 0 Å². The number of aryl methyl sites for hydroxylation is 2. The van der Waals surface area contributed by atoms with E-state index in [-0.39, 0.29) is 29.7 Å². The summed E-state index contributed by atoms with van der Waals surface area (Å²) in [4.78, 5) is 20.2. The van der Waals surface area contributed by atoms with Gasteiger partial charge in [0.1, 0.15) is 17.2 Å². The van der Waals surface area contributed by atoms with Gasteiger partial charge in [0.05, 0.1) is 6.54 Å². The van der Waals surface area contributed by atoms with Gasteiger partial charge in [-0.1, -0.05) is 18.2 Å². The molecular formula is C22H23FN6O. The molecule has 0 atom stereocenters. The van der Waals surface area contributed by atoms with E-state index in [2.05, 4.69) is 20.6 Å². The predicted octanol–water partition coefficient (Wildman–Crippen LogP) is 3.75. The van der Waals surface area contributed by atoms with Gasteiger partial charge in [0.25, 0.3) is 5.91 Å². The second-order valence-corrected chi connectivity index (χ2v) is 7.08. The van der Waals surface area contributed by atoms with Gasteiger partial charge in [0.2, 0.25) is 5.95 Å². The van der Waals surface area contributed by atoms with E-state index in [9.17, 15) is 9.18 Å². The van der Waals surface area contributed by atoms with Gasteiger partial charge in [0, 0.05) is 24.0 Å². The fourth-order valence-corrected chi connectivity index (χ4v) is 3.02. The summed E-state index contributed by atoms with van der Waals surface area (Å²) in [6, 6.07) is 11.9. The normalized spacial score (nSPS) is 10.5. The van der Waals surface area contributed by atoms with Crippen molar-refractivity contribution in [1.82, 2.24) is 9.97 Å². The minimum absolute atomic E-state index is 0.168. The molecule has 0 aliphatic rings. The Morgan fingerprint density at radius 2 is 1.80 bits per heavy atom. The quantitative estimate of drug-likeness (QED) is 0.425. The maximum absolute atomic E-state index is 13.0. The van der Waals surface area contributed by atoms with E-state index in [1.165, 1.54) is 18.3 Å². The number of anilines is 3. The molecule has 0 bridgehead atoms. The van der Waals surface area contributed by atoms with Crippen LogP contribution in [0.15, 0.2) is 48.7 Å². The molecule has 0 aliphatic carbocycles. The van der Waals surface area contributed by atoms with Crippen LogP contribution in [0.2, 0.25) is 0 Å². The summed E-state index contributed by atoms with van der Waals surface area (Å²) >= 11 is 0. The lowest BCUT2D eigenvalue weighted by Gasteiger charge is -2.13. The van der Waals surface area contributed by atoms with Crippen LogP contribution >= 0.6 is 0 Å². The molecule has 1 amide bonds. The Morgan fingerprint density at radius 1 is 1.13 bits per heavy atom. The van der Waals surface area contributed by atoms with Crippen molar-refractivity contribution >= 4 is 29.1 Å². The van der Waals surface area contributed by atoms with Crippen molar-refractivity contribution in [2.24, 2.45) is 5.73 Å². The minimum Gasteiger partial charge on any atom is -0.365 e. The van der Waals surface area contributed by atoms with Crippen LogP contribution in [0.5, 0.6) is 0 Å². The number of rotatable bonds is 8. The summed E-state index contributed by atoms with van der Waals surface area (Å²) in [5, 5.41) is 14.2. The van der Waals surface area contributed by atoms with Gasteiger partial charge < -0.3 is 21.8 Å². The number of halogens is 1. The Labute approximate surface area is 174 Å². The van der Waals surface area contributed by atoms with E-state index in [4.69, 9.17) is 11.1 Å². The molecule has 0 spiro atoms. The van der Waals surface area contributed by atoms with E-state index in [0.717, 1.165) is 22.4 Å². The third kappa shape index (κ3) is 5.60. The lowest BCUT2D eigenvalue weighted by atomic mass is 10.1. The molecule has 0 unspecified atom stereocenters. The molecule has 0 saturated heterocycles. The van der Waals surface area contributed by atoms with Crippen molar-refractivity contribution < 1.29 is 9.18 Å². The number of aromatic nitrogens is 2. The molecule has 7 nitrogen and oxygen atoms in total. The maximum Gasteiger partial charge on any atom is 0.254 e. The van der Waals surface area contributed by atoms with Crippen molar-refractivity contribution in [2.75, 3.05) is 17.2 Å². The highest BCUT2D eigenvalue weighted by molar-refractivity contribution is 5.98. The topological polar surface area (TPSA) is 117 Å². The van der Waals surface area contributed by atoms with E-state index in [1.54, 1.807) is 12.1 Å². The number of hydrogen-bond acceptors (Lipinski definition) is 6. The fraction of sp³-hybridized carbons (Fsp3) is 0.182. The third-order valence-electron chi connectivity index (χ3n) is 4.33. The van der Waals surface area contributed by atoms with Crippen molar-refractivity contribution in [2.45, 2.75) is 20.3 Å². The smallest absolute Gasteiger partial charge is 0.254 e.